The molecule has 1 N–H and O–H groups in total. The van der Waals surface area contributed by atoms with Crippen LogP contribution in [-0.2, 0) is 0 Å². The van der Waals surface area contributed by atoms with Gasteiger partial charge in [-0.05, 0) is 37.5 Å². The summed E-state index contributed by atoms with van der Waals surface area (Å²) < 4.78 is 2.33. The predicted molar refractivity (Wildman–Crippen MR) is 79.3 cm³/mol. The monoisotopic (exact) mass is 265 g/mol. The molecule has 0 amide bonds. The summed E-state index contributed by atoms with van der Waals surface area (Å²) in [4.78, 5) is 11.2. The summed E-state index contributed by atoms with van der Waals surface area (Å²) in [6, 6.07) is 14.3. The Balaban J connectivity index is 2.11. The number of carbonyl (C=O) groups is 1. The van der Waals surface area contributed by atoms with Crippen LogP contribution in [0.3, 0.4) is 0 Å². The van der Waals surface area contributed by atoms with Crippen LogP contribution in [0.25, 0.3) is 21.8 Å². The molecule has 0 aliphatic heterocycles. The van der Waals surface area contributed by atoms with Gasteiger partial charge in [0.05, 0.1) is 11.1 Å². The Morgan fingerprint density at radius 1 is 1.05 bits per heavy atom. The second kappa shape index (κ2) is 4.10. The molecule has 3 nitrogen and oxygen atoms in total. The minimum Gasteiger partial charge on any atom is -0.478 e. The van der Waals surface area contributed by atoms with Gasteiger partial charge in [0.1, 0.15) is 0 Å². The van der Waals surface area contributed by atoms with E-state index in [1.165, 1.54) is 30.2 Å². The summed E-state index contributed by atoms with van der Waals surface area (Å²) in [5.41, 5.74) is 2.63. The largest absolute Gasteiger partial charge is 0.478 e. The molecular weight excluding hydrogens is 250 g/mol. The molecule has 0 unspecified atom stereocenters. The summed E-state index contributed by atoms with van der Waals surface area (Å²) in [6.07, 6.45) is 3.63. The minimum atomic E-state index is -0.864. The lowest BCUT2D eigenvalue weighted by molar-refractivity contribution is 0.0697. The Morgan fingerprint density at radius 2 is 1.80 bits per heavy atom. The number of fused-ring (bicyclic) bond motifs is 3. The van der Waals surface area contributed by atoms with Crippen LogP contribution in [0.1, 0.15) is 35.7 Å². The van der Waals surface area contributed by atoms with Gasteiger partial charge in [0, 0.05) is 22.3 Å². The fraction of sp³-hybridized carbons (Fsp3) is 0.235. The fourth-order valence-corrected chi connectivity index (χ4v) is 3.17. The van der Waals surface area contributed by atoms with Crippen molar-refractivity contribution < 1.29 is 9.90 Å². The molecule has 2 aromatic carbocycles. The maximum Gasteiger partial charge on any atom is 0.335 e. The van der Waals surface area contributed by atoms with Crippen LogP contribution in [0.2, 0.25) is 0 Å². The molecular formula is C17H15NO2. The van der Waals surface area contributed by atoms with Crippen LogP contribution in [0.15, 0.2) is 42.5 Å². The average molecular weight is 265 g/mol. The quantitative estimate of drug-likeness (QED) is 0.753. The smallest absolute Gasteiger partial charge is 0.335 e. The molecule has 4 rings (SSSR count). The van der Waals surface area contributed by atoms with E-state index in [2.05, 4.69) is 22.8 Å². The molecule has 0 bridgehead atoms. The zero-order chi connectivity index (χ0) is 13.7. The molecule has 3 heteroatoms. The van der Waals surface area contributed by atoms with Gasteiger partial charge in [-0.2, -0.15) is 0 Å². The van der Waals surface area contributed by atoms with Crippen LogP contribution in [-0.4, -0.2) is 15.6 Å². The lowest BCUT2D eigenvalue weighted by atomic mass is 9.92. The highest BCUT2D eigenvalue weighted by Crippen LogP contribution is 2.39. The predicted octanol–water partition coefficient (Wildman–Crippen LogP) is 4.22. The molecule has 1 fully saturated rings. The third-order valence-corrected chi connectivity index (χ3v) is 4.40. The average Bonchev–Trinajstić information content (AvgIpc) is 2.72. The van der Waals surface area contributed by atoms with Crippen molar-refractivity contribution in [1.82, 2.24) is 4.57 Å². The molecule has 1 aliphatic rings. The second-order valence-corrected chi connectivity index (χ2v) is 5.51. The Kier molecular flexibility index (Phi) is 2.36. The van der Waals surface area contributed by atoms with E-state index in [0.29, 0.717) is 11.6 Å². The number of carboxylic acid groups (broad SMARTS) is 1. The Labute approximate surface area is 116 Å². The van der Waals surface area contributed by atoms with Crippen LogP contribution >= 0.6 is 0 Å². The molecule has 1 saturated carbocycles. The van der Waals surface area contributed by atoms with Crippen molar-refractivity contribution in [2.24, 2.45) is 0 Å². The van der Waals surface area contributed by atoms with E-state index in [0.717, 1.165) is 10.9 Å². The van der Waals surface area contributed by atoms with E-state index in [1.807, 2.05) is 18.2 Å². The maximum absolute atomic E-state index is 11.2. The highest BCUT2D eigenvalue weighted by atomic mass is 16.4. The zero-order valence-corrected chi connectivity index (χ0v) is 11.0. The van der Waals surface area contributed by atoms with Crippen LogP contribution in [0.5, 0.6) is 0 Å². The van der Waals surface area contributed by atoms with Gasteiger partial charge in [0.25, 0.3) is 0 Å². The van der Waals surface area contributed by atoms with Crippen molar-refractivity contribution in [3.8, 4) is 0 Å². The van der Waals surface area contributed by atoms with Crippen molar-refractivity contribution in [3.05, 3.63) is 48.0 Å². The molecule has 0 saturated heterocycles. The van der Waals surface area contributed by atoms with Gasteiger partial charge in [0.15, 0.2) is 0 Å². The highest BCUT2D eigenvalue weighted by molar-refractivity contribution is 6.09. The van der Waals surface area contributed by atoms with Crippen molar-refractivity contribution >= 4 is 27.8 Å². The highest BCUT2D eigenvalue weighted by Gasteiger charge is 2.24. The van der Waals surface area contributed by atoms with Gasteiger partial charge < -0.3 is 9.67 Å². The van der Waals surface area contributed by atoms with E-state index >= 15 is 0 Å². The second-order valence-electron chi connectivity index (χ2n) is 5.51. The number of rotatable bonds is 2. The van der Waals surface area contributed by atoms with Gasteiger partial charge >= 0.3 is 5.97 Å². The number of aromatic nitrogens is 1. The van der Waals surface area contributed by atoms with Crippen molar-refractivity contribution in [2.45, 2.75) is 25.3 Å². The number of hydrogen-bond acceptors (Lipinski definition) is 1. The first kappa shape index (κ1) is 11.5. The summed E-state index contributed by atoms with van der Waals surface area (Å²) >= 11 is 0. The van der Waals surface area contributed by atoms with Gasteiger partial charge in [0.2, 0.25) is 0 Å². The Hall–Kier alpha value is -2.29. The number of nitrogens with zero attached hydrogens (tertiary/aromatic N) is 1. The molecule has 0 radical (unpaired) electrons. The molecule has 1 heterocycles. The molecule has 100 valence electrons. The standard InChI is InChI=1S/C17H15NO2/c19-17(20)11-8-9-14-13-6-1-2-7-15(13)18(16(14)10-11)12-4-3-5-12/h1-2,6-10,12H,3-5H2,(H,19,20). The van der Waals surface area contributed by atoms with E-state index in [1.54, 1.807) is 6.07 Å². The summed E-state index contributed by atoms with van der Waals surface area (Å²) in [6.45, 7) is 0. The van der Waals surface area contributed by atoms with Gasteiger partial charge in [-0.1, -0.05) is 24.3 Å². The van der Waals surface area contributed by atoms with E-state index in [4.69, 9.17) is 0 Å². The molecule has 1 aromatic heterocycles. The first-order valence-electron chi connectivity index (χ1n) is 7.02. The lowest BCUT2D eigenvalue weighted by Crippen LogP contribution is -2.16. The SMILES string of the molecule is O=C(O)c1ccc2c3ccccc3n(C3CCC3)c2c1. The molecule has 3 aromatic rings. The number of hydrogen-bond donors (Lipinski definition) is 1. The molecule has 1 aliphatic carbocycles. The van der Waals surface area contributed by atoms with Crippen molar-refractivity contribution in [1.29, 1.82) is 0 Å². The normalized spacial score (nSPS) is 15.6. The summed E-state index contributed by atoms with van der Waals surface area (Å²) in [7, 11) is 0. The molecule has 0 spiro atoms. The minimum absolute atomic E-state index is 0.362. The number of para-hydroxylation sites is 1. The molecule has 0 atom stereocenters. The van der Waals surface area contributed by atoms with Crippen molar-refractivity contribution in [2.75, 3.05) is 0 Å². The zero-order valence-electron chi connectivity index (χ0n) is 11.0. The Bertz CT molecular complexity index is 827. The topological polar surface area (TPSA) is 42.2 Å². The van der Waals surface area contributed by atoms with E-state index in [-0.39, 0.29) is 0 Å². The van der Waals surface area contributed by atoms with Gasteiger partial charge in [-0.15, -0.1) is 0 Å². The van der Waals surface area contributed by atoms with Gasteiger partial charge in [-0.25, -0.2) is 4.79 Å². The first-order valence-corrected chi connectivity index (χ1v) is 7.02. The Morgan fingerprint density at radius 3 is 2.50 bits per heavy atom. The summed E-state index contributed by atoms with van der Waals surface area (Å²) in [5, 5.41) is 11.6. The third-order valence-electron chi connectivity index (χ3n) is 4.40. The van der Waals surface area contributed by atoms with Crippen LogP contribution in [0, 0.1) is 0 Å². The maximum atomic E-state index is 11.2. The first-order chi connectivity index (χ1) is 9.75. The lowest BCUT2D eigenvalue weighted by Gasteiger charge is -2.29. The summed E-state index contributed by atoms with van der Waals surface area (Å²) in [5.74, 6) is -0.864. The number of carboxylic acids is 1. The van der Waals surface area contributed by atoms with Gasteiger partial charge in [-0.3, -0.25) is 0 Å². The van der Waals surface area contributed by atoms with E-state index < -0.39 is 5.97 Å². The van der Waals surface area contributed by atoms with Crippen molar-refractivity contribution in [3.63, 3.8) is 0 Å². The van der Waals surface area contributed by atoms with Crippen LogP contribution in [0.4, 0.5) is 0 Å². The number of aromatic carboxylic acids is 1. The molecule has 20 heavy (non-hydrogen) atoms. The van der Waals surface area contributed by atoms with E-state index in [9.17, 15) is 9.90 Å². The van der Waals surface area contributed by atoms with Crippen LogP contribution < -0.4 is 0 Å². The number of benzene rings is 2. The third kappa shape index (κ3) is 1.49. The fourth-order valence-electron chi connectivity index (χ4n) is 3.17.